The van der Waals surface area contributed by atoms with Gasteiger partial charge in [-0.1, -0.05) is 55.8 Å². The van der Waals surface area contributed by atoms with E-state index in [4.69, 9.17) is 4.74 Å². The predicted octanol–water partition coefficient (Wildman–Crippen LogP) is 6.06. The van der Waals surface area contributed by atoms with Gasteiger partial charge in [0.15, 0.2) is 0 Å². The molecule has 174 valence electrons. The number of benzene rings is 3. The Morgan fingerprint density at radius 2 is 1.68 bits per heavy atom. The van der Waals surface area contributed by atoms with Crippen LogP contribution in [0.5, 0.6) is 5.75 Å². The molecule has 4 rings (SSSR count). The van der Waals surface area contributed by atoms with Crippen molar-refractivity contribution in [1.29, 1.82) is 0 Å². The van der Waals surface area contributed by atoms with Crippen LogP contribution in [0.4, 0.5) is 5.69 Å². The highest BCUT2D eigenvalue weighted by atomic mass is 16.5. The molecule has 0 bridgehead atoms. The van der Waals surface area contributed by atoms with Gasteiger partial charge in [-0.2, -0.15) is 0 Å². The van der Waals surface area contributed by atoms with Gasteiger partial charge in [0.25, 0.3) is 11.7 Å². The van der Waals surface area contributed by atoms with E-state index in [0.29, 0.717) is 22.9 Å². The van der Waals surface area contributed by atoms with E-state index < -0.39 is 17.7 Å². The molecule has 34 heavy (non-hydrogen) atoms. The van der Waals surface area contributed by atoms with E-state index >= 15 is 0 Å². The van der Waals surface area contributed by atoms with Crippen molar-refractivity contribution in [1.82, 2.24) is 0 Å². The monoisotopic (exact) mass is 455 g/mol. The standard InChI is InChI=1S/C29H29NO4/c1-17(2)20-9-11-22(12-10-20)30-26(21-8-6-7-18(3)15-21)25(28(32)29(30)33)27(31)24-14-13-23(34-5)16-19(24)4/h6-17,26,31H,1-5H3/b27-25-. The lowest BCUT2D eigenvalue weighted by atomic mass is 9.93. The van der Waals surface area contributed by atoms with Gasteiger partial charge in [0.2, 0.25) is 0 Å². The van der Waals surface area contributed by atoms with Crippen molar-refractivity contribution in [3.63, 3.8) is 0 Å². The van der Waals surface area contributed by atoms with E-state index in [1.807, 2.05) is 62.4 Å². The lowest BCUT2D eigenvalue weighted by Crippen LogP contribution is -2.29. The average Bonchev–Trinajstić information content (AvgIpc) is 3.09. The predicted molar refractivity (Wildman–Crippen MR) is 134 cm³/mol. The fraction of sp³-hybridized carbons (Fsp3) is 0.241. The summed E-state index contributed by atoms with van der Waals surface area (Å²) in [4.78, 5) is 28.2. The summed E-state index contributed by atoms with van der Waals surface area (Å²) in [6.07, 6.45) is 0. The minimum atomic E-state index is -0.744. The van der Waals surface area contributed by atoms with Crippen molar-refractivity contribution >= 4 is 23.1 Å². The molecule has 3 aromatic rings. The first-order valence-corrected chi connectivity index (χ1v) is 11.4. The summed E-state index contributed by atoms with van der Waals surface area (Å²) in [5.74, 6) is -0.556. The van der Waals surface area contributed by atoms with Crippen molar-refractivity contribution in [2.24, 2.45) is 0 Å². The lowest BCUT2D eigenvalue weighted by molar-refractivity contribution is -0.132. The Bertz CT molecular complexity index is 1290. The average molecular weight is 456 g/mol. The molecule has 0 spiro atoms. The molecule has 1 aliphatic heterocycles. The summed E-state index contributed by atoms with van der Waals surface area (Å²) >= 11 is 0. The SMILES string of the molecule is COc1ccc(/C(O)=C2/C(=O)C(=O)N(c3ccc(C(C)C)cc3)C2c2cccc(C)c2)c(C)c1. The molecule has 1 atom stereocenters. The molecule has 3 aromatic carbocycles. The largest absolute Gasteiger partial charge is 0.507 e. The third kappa shape index (κ3) is 4.10. The molecular formula is C29H29NO4. The Morgan fingerprint density at radius 3 is 2.26 bits per heavy atom. The van der Waals surface area contributed by atoms with E-state index in [1.165, 1.54) is 4.90 Å². The van der Waals surface area contributed by atoms with E-state index in [0.717, 1.165) is 22.3 Å². The van der Waals surface area contributed by atoms with Gasteiger partial charge in [-0.25, -0.2) is 0 Å². The van der Waals surface area contributed by atoms with Crippen LogP contribution in [0.2, 0.25) is 0 Å². The third-order valence-corrected chi connectivity index (χ3v) is 6.33. The molecule has 1 aliphatic rings. The summed E-state index contributed by atoms with van der Waals surface area (Å²) < 4.78 is 5.27. The first-order valence-electron chi connectivity index (χ1n) is 11.4. The van der Waals surface area contributed by atoms with Gasteiger partial charge in [0.1, 0.15) is 11.5 Å². The van der Waals surface area contributed by atoms with Gasteiger partial charge < -0.3 is 9.84 Å². The number of anilines is 1. The summed E-state index contributed by atoms with van der Waals surface area (Å²) in [6.45, 7) is 8.00. The van der Waals surface area contributed by atoms with Crippen LogP contribution in [0.3, 0.4) is 0 Å². The number of rotatable bonds is 5. The highest BCUT2D eigenvalue weighted by molar-refractivity contribution is 6.51. The molecule has 1 unspecified atom stereocenters. The Balaban J connectivity index is 1.93. The van der Waals surface area contributed by atoms with Crippen molar-refractivity contribution < 1.29 is 19.4 Å². The van der Waals surface area contributed by atoms with Crippen molar-refractivity contribution in [2.75, 3.05) is 12.0 Å². The zero-order chi connectivity index (χ0) is 24.6. The second-order valence-corrected chi connectivity index (χ2v) is 9.01. The number of amides is 1. The van der Waals surface area contributed by atoms with Gasteiger partial charge in [-0.05, 0) is 66.8 Å². The van der Waals surface area contributed by atoms with E-state index in [9.17, 15) is 14.7 Å². The summed E-state index contributed by atoms with van der Waals surface area (Å²) in [5.41, 5.74) is 4.83. The number of hydrogen-bond acceptors (Lipinski definition) is 4. The zero-order valence-corrected chi connectivity index (χ0v) is 20.1. The van der Waals surface area contributed by atoms with Crippen LogP contribution in [-0.2, 0) is 9.59 Å². The number of ether oxygens (including phenoxy) is 1. The van der Waals surface area contributed by atoms with Crippen LogP contribution in [0.25, 0.3) is 5.76 Å². The highest BCUT2D eigenvalue weighted by Gasteiger charge is 2.47. The van der Waals surface area contributed by atoms with Crippen molar-refractivity contribution in [2.45, 2.75) is 39.7 Å². The molecule has 1 saturated heterocycles. The molecule has 0 saturated carbocycles. The van der Waals surface area contributed by atoms with Gasteiger partial charge in [0, 0.05) is 11.3 Å². The number of carbonyl (C=O) groups excluding carboxylic acids is 2. The van der Waals surface area contributed by atoms with E-state index in [2.05, 4.69) is 13.8 Å². The fourth-order valence-electron chi connectivity index (χ4n) is 4.45. The number of methoxy groups -OCH3 is 1. The van der Waals surface area contributed by atoms with Crippen molar-refractivity contribution in [3.8, 4) is 5.75 Å². The fourth-order valence-corrected chi connectivity index (χ4v) is 4.45. The minimum absolute atomic E-state index is 0.0804. The number of aliphatic hydroxyl groups is 1. The van der Waals surface area contributed by atoms with Crippen LogP contribution < -0.4 is 9.64 Å². The maximum Gasteiger partial charge on any atom is 0.300 e. The third-order valence-electron chi connectivity index (χ3n) is 6.33. The number of carbonyl (C=O) groups is 2. The molecule has 5 nitrogen and oxygen atoms in total. The minimum Gasteiger partial charge on any atom is -0.507 e. The first-order chi connectivity index (χ1) is 16.2. The van der Waals surface area contributed by atoms with Crippen LogP contribution >= 0.6 is 0 Å². The number of nitrogens with zero attached hydrogens (tertiary/aromatic N) is 1. The molecule has 0 aliphatic carbocycles. The topological polar surface area (TPSA) is 66.8 Å². The van der Waals surface area contributed by atoms with E-state index in [-0.39, 0.29) is 11.3 Å². The number of ketones is 1. The van der Waals surface area contributed by atoms with Gasteiger partial charge in [-0.3, -0.25) is 14.5 Å². The Kier molecular flexibility index (Phi) is 6.29. The molecule has 0 radical (unpaired) electrons. The quantitative estimate of drug-likeness (QED) is 0.288. The van der Waals surface area contributed by atoms with Crippen LogP contribution in [0.1, 0.15) is 53.6 Å². The van der Waals surface area contributed by atoms with Crippen LogP contribution in [-0.4, -0.2) is 23.9 Å². The molecule has 1 amide bonds. The summed E-state index contributed by atoms with van der Waals surface area (Å²) in [6, 6.07) is 19.8. The molecule has 0 aromatic heterocycles. The van der Waals surface area contributed by atoms with Gasteiger partial charge >= 0.3 is 0 Å². The molecule has 5 heteroatoms. The van der Waals surface area contributed by atoms with Gasteiger partial charge in [0.05, 0.1) is 18.7 Å². The number of aryl methyl sites for hydroxylation is 2. The van der Waals surface area contributed by atoms with Crippen LogP contribution in [0.15, 0.2) is 72.3 Å². The summed E-state index contributed by atoms with van der Waals surface area (Å²) in [5, 5.41) is 11.4. The van der Waals surface area contributed by atoms with Crippen LogP contribution in [0, 0.1) is 13.8 Å². The number of hydrogen-bond donors (Lipinski definition) is 1. The van der Waals surface area contributed by atoms with E-state index in [1.54, 1.807) is 25.3 Å². The first kappa shape index (κ1) is 23.3. The maximum atomic E-state index is 13.3. The Hall–Kier alpha value is -3.86. The Morgan fingerprint density at radius 1 is 0.971 bits per heavy atom. The Labute approximate surface area is 200 Å². The normalized spacial score (nSPS) is 17.5. The number of aliphatic hydroxyl groups excluding tert-OH is 1. The smallest absolute Gasteiger partial charge is 0.300 e. The van der Waals surface area contributed by atoms with Gasteiger partial charge in [-0.15, -0.1) is 0 Å². The lowest BCUT2D eigenvalue weighted by Gasteiger charge is -2.26. The maximum absolute atomic E-state index is 13.3. The van der Waals surface area contributed by atoms with Crippen molar-refractivity contribution in [3.05, 3.63) is 100 Å². The molecule has 1 fully saturated rings. The molecule has 1 heterocycles. The molecule has 1 N–H and O–H groups in total. The highest BCUT2D eigenvalue weighted by Crippen LogP contribution is 2.43. The summed E-state index contributed by atoms with van der Waals surface area (Å²) in [7, 11) is 1.57. The number of Topliss-reactive ketones (excluding diaryl/α,β-unsaturated/α-hetero) is 1. The second kappa shape index (κ2) is 9.18. The second-order valence-electron chi connectivity index (χ2n) is 9.01. The zero-order valence-electron chi connectivity index (χ0n) is 20.1. The molecular weight excluding hydrogens is 426 g/mol.